The molecule has 94 valence electrons. The summed E-state index contributed by atoms with van der Waals surface area (Å²) in [6.07, 6.45) is 1.49. The normalized spacial score (nSPS) is 10.6. The second kappa shape index (κ2) is 5.18. The molecule has 2 aromatic heterocycles. The van der Waals surface area contributed by atoms with Gasteiger partial charge in [-0.05, 0) is 19.1 Å². The molecule has 18 heavy (non-hydrogen) atoms. The van der Waals surface area contributed by atoms with E-state index in [9.17, 15) is 9.59 Å². The number of halogens is 1. The van der Waals surface area contributed by atoms with E-state index in [2.05, 4.69) is 4.98 Å². The van der Waals surface area contributed by atoms with E-state index in [1.165, 1.54) is 16.8 Å². The molecule has 2 heterocycles. The quantitative estimate of drug-likeness (QED) is 0.782. The molecule has 0 unspecified atom stereocenters. The van der Waals surface area contributed by atoms with E-state index in [0.717, 1.165) is 4.57 Å². The molecule has 0 N–H and O–H groups in total. The minimum Gasteiger partial charge on any atom is -0.301 e. The molecule has 6 heteroatoms. The van der Waals surface area contributed by atoms with Crippen molar-refractivity contribution in [3.05, 3.63) is 62.1 Å². The Bertz CT molecular complexity index is 676. The molecule has 0 radical (unpaired) electrons. The molecule has 0 amide bonds. The minimum absolute atomic E-state index is 0.124. The van der Waals surface area contributed by atoms with E-state index in [0.29, 0.717) is 17.4 Å². The van der Waals surface area contributed by atoms with Crippen molar-refractivity contribution in [3.63, 3.8) is 0 Å². The highest BCUT2D eigenvalue weighted by molar-refractivity contribution is 6.29. The first-order chi connectivity index (χ1) is 8.61. The van der Waals surface area contributed by atoms with Gasteiger partial charge in [0.2, 0.25) is 0 Å². The van der Waals surface area contributed by atoms with E-state index in [-0.39, 0.29) is 17.8 Å². The number of aromatic nitrogens is 3. The lowest BCUT2D eigenvalue weighted by molar-refractivity contribution is 0.594. The van der Waals surface area contributed by atoms with E-state index < -0.39 is 0 Å². The van der Waals surface area contributed by atoms with Gasteiger partial charge in [0.25, 0.3) is 5.56 Å². The standard InChI is InChI=1S/C12H12ClN3O2/c1-2-15-7-6-11(17)16(12(15)18)8-9-4-3-5-10(13)14-9/h3-7H,2,8H2,1H3. The van der Waals surface area contributed by atoms with E-state index in [1.807, 2.05) is 6.92 Å². The average molecular weight is 266 g/mol. The highest BCUT2D eigenvalue weighted by Gasteiger charge is 2.06. The average Bonchev–Trinajstić information content (AvgIpc) is 2.35. The third-order valence-corrected chi connectivity index (χ3v) is 2.78. The van der Waals surface area contributed by atoms with Gasteiger partial charge in [0.15, 0.2) is 0 Å². The first-order valence-corrected chi connectivity index (χ1v) is 5.91. The zero-order valence-corrected chi connectivity index (χ0v) is 10.6. The fraction of sp³-hybridized carbons (Fsp3) is 0.250. The lowest BCUT2D eigenvalue weighted by Crippen LogP contribution is -2.39. The van der Waals surface area contributed by atoms with Gasteiger partial charge < -0.3 is 4.57 Å². The maximum Gasteiger partial charge on any atom is 0.331 e. The summed E-state index contributed by atoms with van der Waals surface area (Å²) in [6, 6.07) is 6.47. The molecule has 0 bridgehead atoms. The number of nitrogens with zero attached hydrogens (tertiary/aromatic N) is 3. The third kappa shape index (κ3) is 2.51. The van der Waals surface area contributed by atoms with Crippen LogP contribution in [0.5, 0.6) is 0 Å². The largest absolute Gasteiger partial charge is 0.331 e. The van der Waals surface area contributed by atoms with Gasteiger partial charge in [-0.25, -0.2) is 9.78 Å². The second-order valence-corrected chi connectivity index (χ2v) is 4.15. The molecule has 2 rings (SSSR count). The Morgan fingerprint density at radius 3 is 2.72 bits per heavy atom. The van der Waals surface area contributed by atoms with E-state index in [4.69, 9.17) is 11.6 Å². The topological polar surface area (TPSA) is 56.9 Å². The highest BCUT2D eigenvalue weighted by atomic mass is 35.5. The zero-order chi connectivity index (χ0) is 13.1. The Hall–Kier alpha value is -1.88. The molecule has 5 nitrogen and oxygen atoms in total. The van der Waals surface area contributed by atoms with Gasteiger partial charge in [-0.2, -0.15) is 0 Å². The predicted octanol–water partition coefficient (Wildman–Crippen LogP) is 1.13. The summed E-state index contributed by atoms with van der Waals surface area (Å²) in [5.41, 5.74) is -0.103. The van der Waals surface area contributed by atoms with E-state index in [1.54, 1.807) is 18.2 Å². The van der Waals surface area contributed by atoms with Gasteiger partial charge in [-0.3, -0.25) is 9.36 Å². The summed E-state index contributed by atoms with van der Waals surface area (Å²) >= 11 is 5.77. The SMILES string of the molecule is CCn1ccc(=O)n(Cc2cccc(Cl)n2)c1=O. The van der Waals surface area contributed by atoms with Crippen molar-refractivity contribution in [1.82, 2.24) is 14.1 Å². The molecule has 2 aromatic rings. The lowest BCUT2D eigenvalue weighted by atomic mass is 10.3. The Balaban J connectivity index is 2.46. The zero-order valence-electron chi connectivity index (χ0n) is 9.84. The van der Waals surface area contributed by atoms with Crippen LogP contribution in [0, 0.1) is 0 Å². The van der Waals surface area contributed by atoms with Crippen LogP contribution in [0.2, 0.25) is 5.15 Å². The Morgan fingerprint density at radius 2 is 2.06 bits per heavy atom. The molecule has 0 aliphatic carbocycles. The summed E-state index contributed by atoms with van der Waals surface area (Å²) in [4.78, 5) is 27.7. The molecule has 0 saturated heterocycles. The van der Waals surface area contributed by atoms with E-state index >= 15 is 0 Å². The van der Waals surface area contributed by atoms with Crippen LogP contribution in [0.4, 0.5) is 0 Å². The summed E-state index contributed by atoms with van der Waals surface area (Å²) in [7, 11) is 0. The monoisotopic (exact) mass is 265 g/mol. The molecule has 0 saturated carbocycles. The smallest absolute Gasteiger partial charge is 0.301 e. The van der Waals surface area contributed by atoms with Crippen LogP contribution in [0.1, 0.15) is 12.6 Å². The van der Waals surface area contributed by atoms with Gasteiger partial charge in [-0.15, -0.1) is 0 Å². The van der Waals surface area contributed by atoms with Gasteiger partial charge in [0.05, 0.1) is 12.2 Å². The Labute approximate surface area is 108 Å². The van der Waals surface area contributed by atoms with Crippen molar-refractivity contribution >= 4 is 11.6 Å². The number of aryl methyl sites for hydroxylation is 1. The van der Waals surface area contributed by atoms with Gasteiger partial charge in [0.1, 0.15) is 5.15 Å². The molecule has 0 spiro atoms. The molecule has 0 aromatic carbocycles. The maximum absolute atomic E-state index is 12.0. The number of pyridine rings is 1. The van der Waals surface area contributed by atoms with Crippen LogP contribution in [-0.4, -0.2) is 14.1 Å². The Morgan fingerprint density at radius 1 is 1.28 bits per heavy atom. The van der Waals surface area contributed by atoms with Crippen LogP contribution in [0.15, 0.2) is 40.1 Å². The van der Waals surface area contributed by atoms with Gasteiger partial charge in [-0.1, -0.05) is 17.7 Å². The summed E-state index contributed by atoms with van der Waals surface area (Å²) in [6.45, 7) is 2.48. The van der Waals surface area contributed by atoms with Crippen LogP contribution in [0.3, 0.4) is 0 Å². The third-order valence-electron chi connectivity index (χ3n) is 2.57. The second-order valence-electron chi connectivity index (χ2n) is 3.76. The summed E-state index contributed by atoms with van der Waals surface area (Å²) in [5.74, 6) is 0. The number of rotatable bonds is 3. The van der Waals surface area contributed by atoms with Crippen LogP contribution in [-0.2, 0) is 13.1 Å². The van der Waals surface area contributed by atoms with Crippen molar-refractivity contribution in [3.8, 4) is 0 Å². The molecular formula is C12H12ClN3O2. The molecule has 0 atom stereocenters. The van der Waals surface area contributed by atoms with Crippen molar-refractivity contribution in [2.75, 3.05) is 0 Å². The van der Waals surface area contributed by atoms with Gasteiger partial charge in [0, 0.05) is 18.8 Å². The minimum atomic E-state index is -0.341. The van der Waals surface area contributed by atoms with Crippen molar-refractivity contribution < 1.29 is 0 Å². The van der Waals surface area contributed by atoms with Crippen molar-refractivity contribution in [2.45, 2.75) is 20.0 Å². The Kier molecular flexibility index (Phi) is 3.62. The molecule has 0 fully saturated rings. The number of hydrogen-bond donors (Lipinski definition) is 0. The first-order valence-electron chi connectivity index (χ1n) is 5.53. The molecule has 0 aliphatic heterocycles. The van der Waals surface area contributed by atoms with Gasteiger partial charge >= 0.3 is 5.69 Å². The maximum atomic E-state index is 12.0. The van der Waals surface area contributed by atoms with Crippen LogP contribution in [0.25, 0.3) is 0 Å². The van der Waals surface area contributed by atoms with Crippen LogP contribution < -0.4 is 11.2 Å². The van der Waals surface area contributed by atoms with Crippen LogP contribution >= 0.6 is 11.6 Å². The fourth-order valence-electron chi connectivity index (χ4n) is 1.64. The summed E-state index contributed by atoms with van der Waals surface area (Å²) < 4.78 is 2.61. The summed E-state index contributed by atoms with van der Waals surface area (Å²) in [5, 5.41) is 0.340. The first kappa shape index (κ1) is 12.6. The fourth-order valence-corrected chi connectivity index (χ4v) is 1.82. The van der Waals surface area contributed by atoms with Crippen molar-refractivity contribution in [1.29, 1.82) is 0 Å². The predicted molar refractivity (Wildman–Crippen MR) is 69.0 cm³/mol. The highest BCUT2D eigenvalue weighted by Crippen LogP contribution is 2.05. The lowest BCUT2D eigenvalue weighted by Gasteiger charge is -2.07. The number of hydrogen-bond acceptors (Lipinski definition) is 3. The van der Waals surface area contributed by atoms with Crippen molar-refractivity contribution in [2.24, 2.45) is 0 Å². The molecular weight excluding hydrogens is 254 g/mol. The molecule has 0 aliphatic rings.